The number of phenols is 1. The third-order valence-corrected chi connectivity index (χ3v) is 3.45. The van der Waals surface area contributed by atoms with Crippen LogP contribution in [0, 0.1) is 12.7 Å². The molecule has 0 aliphatic carbocycles. The van der Waals surface area contributed by atoms with E-state index in [1.807, 2.05) is 30.3 Å². The summed E-state index contributed by atoms with van der Waals surface area (Å²) in [6.45, 7) is 1.75. The molecule has 0 spiro atoms. The first-order valence-electron chi connectivity index (χ1n) is 6.65. The molecule has 0 saturated carbocycles. The molecule has 2 aromatic carbocycles. The summed E-state index contributed by atoms with van der Waals surface area (Å²) < 4.78 is 15.9. The molecule has 3 aromatic rings. The fourth-order valence-electron chi connectivity index (χ4n) is 2.37. The summed E-state index contributed by atoms with van der Waals surface area (Å²) in [7, 11) is 1.81. The molecule has 0 aliphatic heterocycles. The zero-order valence-electron chi connectivity index (χ0n) is 11.8. The summed E-state index contributed by atoms with van der Waals surface area (Å²) in [5.74, 6) is -0.496. The Kier molecular flexibility index (Phi) is 3.22. The number of hydrogen-bond acceptors (Lipinski definition) is 2. The fraction of sp³-hybridized carbons (Fsp3) is 0.118. The molecular formula is C17H15FN2O. The van der Waals surface area contributed by atoms with Crippen LogP contribution in [0.5, 0.6) is 5.75 Å². The van der Waals surface area contributed by atoms with Crippen molar-refractivity contribution in [1.29, 1.82) is 0 Å². The van der Waals surface area contributed by atoms with Crippen molar-refractivity contribution in [2.24, 2.45) is 7.05 Å². The monoisotopic (exact) mass is 282 g/mol. The zero-order chi connectivity index (χ0) is 15.0. The Morgan fingerprint density at radius 1 is 1.10 bits per heavy atom. The van der Waals surface area contributed by atoms with Crippen LogP contribution in [0.4, 0.5) is 4.39 Å². The minimum absolute atomic E-state index is 0.0404. The highest BCUT2D eigenvalue weighted by Crippen LogP contribution is 2.34. The molecule has 4 heteroatoms. The Hall–Kier alpha value is -2.62. The average Bonchev–Trinajstić information content (AvgIpc) is 2.85. The molecule has 0 bridgehead atoms. The normalized spacial score (nSPS) is 10.8. The molecule has 3 rings (SSSR count). The Bertz CT molecular complexity index is 794. The standard InChI is InChI=1S/C17H15FN2O/c1-11-8-13(15(18)9-16(11)21)14-10-20(2)19-17(14)12-6-4-3-5-7-12/h3-10,21H,1-2H3. The number of aryl methyl sites for hydroxylation is 2. The third kappa shape index (κ3) is 2.40. The molecule has 3 nitrogen and oxygen atoms in total. The third-order valence-electron chi connectivity index (χ3n) is 3.45. The number of benzene rings is 2. The topological polar surface area (TPSA) is 38.0 Å². The van der Waals surface area contributed by atoms with Gasteiger partial charge in [-0.25, -0.2) is 4.39 Å². The van der Waals surface area contributed by atoms with E-state index in [4.69, 9.17) is 0 Å². The quantitative estimate of drug-likeness (QED) is 0.774. The highest BCUT2D eigenvalue weighted by atomic mass is 19.1. The molecule has 0 saturated heterocycles. The SMILES string of the molecule is Cc1cc(-c2cn(C)nc2-c2ccccc2)c(F)cc1O. The van der Waals surface area contributed by atoms with Gasteiger partial charge in [-0.05, 0) is 18.6 Å². The molecule has 106 valence electrons. The number of aromatic nitrogens is 2. The summed E-state index contributed by atoms with van der Waals surface area (Å²) >= 11 is 0. The molecule has 0 aliphatic rings. The van der Waals surface area contributed by atoms with Crippen LogP contribution < -0.4 is 0 Å². The Balaban J connectivity index is 2.23. The van der Waals surface area contributed by atoms with Crippen molar-refractivity contribution < 1.29 is 9.50 Å². The molecule has 21 heavy (non-hydrogen) atoms. The summed E-state index contributed by atoms with van der Waals surface area (Å²) in [6.07, 6.45) is 1.79. The van der Waals surface area contributed by atoms with E-state index in [0.717, 1.165) is 17.3 Å². The largest absolute Gasteiger partial charge is 0.508 e. The Morgan fingerprint density at radius 2 is 1.81 bits per heavy atom. The summed E-state index contributed by atoms with van der Waals surface area (Å²) in [5, 5.41) is 14.0. The van der Waals surface area contributed by atoms with Crippen LogP contribution in [-0.2, 0) is 7.05 Å². The van der Waals surface area contributed by atoms with Gasteiger partial charge in [0, 0.05) is 36.0 Å². The molecule has 0 unspecified atom stereocenters. The van der Waals surface area contributed by atoms with Gasteiger partial charge in [0.15, 0.2) is 0 Å². The van der Waals surface area contributed by atoms with Crippen LogP contribution in [0.2, 0.25) is 0 Å². The second kappa shape index (κ2) is 5.05. The maximum absolute atomic E-state index is 14.2. The minimum Gasteiger partial charge on any atom is -0.508 e. The zero-order valence-corrected chi connectivity index (χ0v) is 11.8. The Labute approximate surface area is 122 Å². The lowest BCUT2D eigenvalue weighted by molar-refractivity contribution is 0.465. The Morgan fingerprint density at radius 3 is 2.52 bits per heavy atom. The highest BCUT2D eigenvalue weighted by Gasteiger charge is 2.16. The first kappa shape index (κ1) is 13.4. The van der Waals surface area contributed by atoms with Crippen molar-refractivity contribution in [3.8, 4) is 28.1 Å². The van der Waals surface area contributed by atoms with Crippen molar-refractivity contribution in [3.63, 3.8) is 0 Å². The van der Waals surface area contributed by atoms with Gasteiger partial charge in [-0.1, -0.05) is 30.3 Å². The molecule has 0 radical (unpaired) electrons. The molecule has 1 heterocycles. The maximum Gasteiger partial charge on any atom is 0.134 e. The van der Waals surface area contributed by atoms with Crippen LogP contribution in [0.15, 0.2) is 48.7 Å². The van der Waals surface area contributed by atoms with E-state index in [9.17, 15) is 9.50 Å². The number of nitrogens with zero attached hydrogens (tertiary/aromatic N) is 2. The number of halogens is 1. The van der Waals surface area contributed by atoms with Gasteiger partial charge in [-0.2, -0.15) is 5.10 Å². The van der Waals surface area contributed by atoms with E-state index in [0.29, 0.717) is 16.7 Å². The van der Waals surface area contributed by atoms with Crippen molar-refractivity contribution in [3.05, 3.63) is 60.0 Å². The lowest BCUT2D eigenvalue weighted by Crippen LogP contribution is -1.89. The van der Waals surface area contributed by atoms with E-state index >= 15 is 0 Å². The van der Waals surface area contributed by atoms with Gasteiger partial charge >= 0.3 is 0 Å². The van der Waals surface area contributed by atoms with E-state index in [1.54, 1.807) is 30.9 Å². The first-order valence-corrected chi connectivity index (χ1v) is 6.65. The van der Waals surface area contributed by atoms with E-state index in [-0.39, 0.29) is 5.75 Å². The molecular weight excluding hydrogens is 267 g/mol. The van der Waals surface area contributed by atoms with Gasteiger partial charge in [0.1, 0.15) is 17.3 Å². The second-order valence-electron chi connectivity index (χ2n) is 5.05. The van der Waals surface area contributed by atoms with Gasteiger partial charge in [0.25, 0.3) is 0 Å². The van der Waals surface area contributed by atoms with Crippen LogP contribution in [0.3, 0.4) is 0 Å². The van der Waals surface area contributed by atoms with Crippen molar-refractivity contribution in [1.82, 2.24) is 9.78 Å². The van der Waals surface area contributed by atoms with E-state index in [1.165, 1.54) is 0 Å². The second-order valence-corrected chi connectivity index (χ2v) is 5.05. The molecule has 0 amide bonds. The van der Waals surface area contributed by atoms with Crippen LogP contribution in [-0.4, -0.2) is 14.9 Å². The first-order chi connectivity index (χ1) is 10.1. The smallest absolute Gasteiger partial charge is 0.134 e. The number of phenolic OH excluding ortho intramolecular Hbond substituents is 1. The summed E-state index contributed by atoms with van der Waals surface area (Å²) in [5.41, 5.74) is 3.44. The van der Waals surface area contributed by atoms with E-state index < -0.39 is 5.82 Å². The van der Waals surface area contributed by atoms with Crippen molar-refractivity contribution in [2.45, 2.75) is 6.92 Å². The fourth-order valence-corrected chi connectivity index (χ4v) is 2.37. The lowest BCUT2D eigenvalue weighted by atomic mass is 9.99. The molecule has 0 fully saturated rings. The molecule has 1 N–H and O–H groups in total. The maximum atomic E-state index is 14.2. The summed E-state index contributed by atoms with van der Waals surface area (Å²) in [4.78, 5) is 0. The summed E-state index contributed by atoms with van der Waals surface area (Å²) in [6, 6.07) is 12.4. The van der Waals surface area contributed by atoms with Crippen LogP contribution in [0.25, 0.3) is 22.4 Å². The van der Waals surface area contributed by atoms with Gasteiger partial charge in [0.2, 0.25) is 0 Å². The number of aromatic hydroxyl groups is 1. The highest BCUT2D eigenvalue weighted by molar-refractivity contribution is 5.81. The lowest BCUT2D eigenvalue weighted by Gasteiger charge is -2.07. The van der Waals surface area contributed by atoms with Gasteiger partial charge < -0.3 is 5.11 Å². The van der Waals surface area contributed by atoms with Crippen molar-refractivity contribution >= 4 is 0 Å². The van der Waals surface area contributed by atoms with Gasteiger partial charge in [0.05, 0.1) is 0 Å². The van der Waals surface area contributed by atoms with Crippen molar-refractivity contribution in [2.75, 3.05) is 0 Å². The minimum atomic E-state index is -0.455. The molecule has 0 atom stereocenters. The van der Waals surface area contributed by atoms with Crippen LogP contribution in [0.1, 0.15) is 5.56 Å². The number of hydrogen-bond donors (Lipinski definition) is 1. The van der Waals surface area contributed by atoms with Crippen LogP contribution >= 0.6 is 0 Å². The van der Waals surface area contributed by atoms with Gasteiger partial charge in [-0.3, -0.25) is 4.68 Å². The molecule has 1 aromatic heterocycles. The predicted octanol–water partition coefficient (Wildman–Crippen LogP) is 3.91. The average molecular weight is 282 g/mol. The number of rotatable bonds is 2. The van der Waals surface area contributed by atoms with Gasteiger partial charge in [-0.15, -0.1) is 0 Å². The van der Waals surface area contributed by atoms with E-state index in [2.05, 4.69) is 5.10 Å². The predicted molar refractivity (Wildman–Crippen MR) is 80.4 cm³/mol.